The third kappa shape index (κ3) is 7.09. The van der Waals surface area contributed by atoms with Gasteiger partial charge >= 0.3 is 0 Å². The second-order valence-electron chi connectivity index (χ2n) is 18.5. The molecule has 10 aromatic rings. The van der Waals surface area contributed by atoms with E-state index in [4.69, 9.17) is 0 Å². The summed E-state index contributed by atoms with van der Waals surface area (Å²) in [6.45, 7) is 13.9. The van der Waals surface area contributed by atoms with E-state index >= 15 is 0 Å². The first kappa shape index (κ1) is 39.4. The van der Waals surface area contributed by atoms with E-state index in [1.165, 1.54) is 86.6 Å². The van der Waals surface area contributed by atoms with Crippen molar-refractivity contribution in [2.24, 2.45) is 0 Å². The smallest absolute Gasteiger partial charge is 0.0540 e. The molecule has 1 aromatic heterocycles. The zero-order valence-electron chi connectivity index (χ0n) is 36.4. The van der Waals surface area contributed by atoms with Crippen molar-refractivity contribution >= 4 is 59.3 Å². The molecular formula is C60H51NS. The van der Waals surface area contributed by atoms with Gasteiger partial charge in [-0.05, 0) is 90.9 Å². The summed E-state index contributed by atoms with van der Waals surface area (Å²) in [5.41, 5.74) is 15.7. The Morgan fingerprint density at radius 2 is 0.790 bits per heavy atom. The van der Waals surface area contributed by atoms with Crippen LogP contribution in [0.25, 0.3) is 75.5 Å². The Bertz CT molecular complexity index is 3230. The number of hydrogen-bond acceptors (Lipinski definition) is 2. The standard InChI is InChI=1S/C60H51NS/c1-59(2,3)43-37-42(38-44(39-43)60(4,5)6)46-29-18-23-41-24-19-30-49(57(41)46)47-26-11-15-33-53(47)61(52-32-14-10-25-45(52)40-21-8-7-9-22-40)54-34-16-12-27-48(54)50-31-20-36-56-58(50)51-28-13-17-35-55(51)62-56/h7-39H,1-6H3. The fraction of sp³-hybridized carbons (Fsp3) is 0.133. The first-order chi connectivity index (χ1) is 30.0. The van der Waals surface area contributed by atoms with Crippen LogP contribution in [-0.4, -0.2) is 0 Å². The van der Waals surface area contributed by atoms with Crippen molar-refractivity contribution in [2.75, 3.05) is 4.90 Å². The number of fused-ring (bicyclic) bond motifs is 4. The minimum absolute atomic E-state index is 0.00427. The quantitative estimate of drug-likeness (QED) is 0.155. The lowest BCUT2D eigenvalue weighted by Gasteiger charge is -2.32. The molecule has 0 bridgehead atoms. The Kier molecular flexibility index (Phi) is 9.93. The van der Waals surface area contributed by atoms with Crippen molar-refractivity contribution in [3.05, 3.63) is 211 Å². The molecule has 0 spiro atoms. The molecule has 0 aliphatic rings. The summed E-state index contributed by atoms with van der Waals surface area (Å²) in [6, 6.07) is 74.3. The van der Waals surface area contributed by atoms with E-state index in [1.807, 2.05) is 11.3 Å². The van der Waals surface area contributed by atoms with E-state index < -0.39 is 0 Å². The van der Waals surface area contributed by atoms with Gasteiger partial charge in [0.2, 0.25) is 0 Å². The normalized spacial score (nSPS) is 12.0. The van der Waals surface area contributed by atoms with Crippen LogP contribution in [0.15, 0.2) is 200 Å². The molecule has 0 fully saturated rings. The molecule has 302 valence electrons. The van der Waals surface area contributed by atoms with E-state index in [1.54, 1.807) is 0 Å². The SMILES string of the molecule is CC(C)(C)c1cc(-c2cccc3cccc(-c4ccccc4N(c4ccccc4-c4ccccc4)c4ccccc4-c4cccc5sc6ccccc6c45)c23)cc(C(C)(C)C)c1. The largest absolute Gasteiger partial charge is 0.309 e. The summed E-state index contributed by atoms with van der Waals surface area (Å²) < 4.78 is 2.60. The van der Waals surface area contributed by atoms with Crippen LogP contribution in [0.2, 0.25) is 0 Å². The van der Waals surface area contributed by atoms with Gasteiger partial charge in [-0.2, -0.15) is 0 Å². The summed E-state index contributed by atoms with van der Waals surface area (Å²) >= 11 is 1.87. The fourth-order valence-electron chi connectivity index (χ4n) is 9.17. The van der Waals surface area contributed by atoms with Gasteiger partial charge in [0, 0.05) is 36.9 Å². The minimum Gasteiger partial charge on any atom is -0.309 e. The van der Waals surface area contributed by atoms with Gasteiger partial charge in [-0.15, -0.1) is 11.3 Å². The van der Waals surface area contributed by atoms with Crippen molar-refractivity contribution in [3.8, 4) is 44.5 Å². The van der Waals surface area contributed by atoms with Crippen LogP contribution in [0.3, 0.4) is 0 Å². The minimum atomic E-state index is -0.00427. The molecule has 1 heterocycles. The molecule has 10 rings (SSSR count). The van der Waals surface area contributed by atoms with Gasteiger partial charge in [0.25, 0.3) is 0 Å². The van der Waals surface area contributed by atoms with Gasteiger partial charge in [0.05, 0.1) is 17.1 Å². The summed E-state index contributed by atoms with van der Waals surface area (Å²) in [4.78, 5) is 2.53. The van der Waals surface area contributed by atoms with Gasteiger partial charge in [-0.3, -0.25) is 0 Å². The highest BCUT2D eigenvalue weighted by Crippen LogP contribution is 2.51. The maximum atomic E-state index is 2.53. The molecular weight excluding hydrogens is 767 g/mol. The monoisotopic (exact) mass is 817 g/mol. The number of thiophene rings is 1. The molecule has 2 heteroatoms. The van der Waals surface area contributed by atoms with Crippen LogP contribution in [0.4, 0.5) is 17.1 Å². The van der Waals surface area contributed by atoms with Crippen LogP contribution in [0, 0.1) is 0 Å². The van der Waals surface area contributed by atoms with Gasteiger partial charge in [-0.25, -0.2) is 0 Å². The zero-order chi connectivity index (χ0) is 42.6. The molecule has 0 radical (unpaired) electrons. The number of para-hydroxylation sites is 3. The first-order valence-corrected chi connectivity index (χ1v) is 22.6. The molecule has 0 saturated carbocycles. The number of benzene rings is 9. The molecule has 0 amide bonds. The first-order valence-electron chi connectivity index (χ1n) is 21.8. The lowest BCUT2D eigenvalue weighted by molar-refractivity contribution is 0.569. The molecule has 0 atom stereocenters. The second kappa shape index (κ2) is 15.6. The summed E-state index contributed by atoms with van der Waals surface area (Å²) in [5.74, 6) is 0. The average molecular weight is 818 g/mol. The van der Waals surface area contributed by atoms with Gasteiger partial charge in [0.1, 0.15) is 0 Å². The van der Waals surface area contributed by atoms with E-state index in [0.717, 1.165) is 17.1 Å². The Morgan fingerprint density at radius 1 is 0.339 bits per heavy atom. The maximum Gasteiger partial charge on any atom is 0.0540 e. The number of anilines is 3. The van der Waals surface area contributed by atoms with E-state index in [-0.39, 0.29) is 10.8 Å². The highest BCUT2D eigenvalue weighted by atomic mass is 32.1. The maximum absolute atomic E-state index is 2.53. The van der Waals surface area contributed by atoms with Crippen molar-refractivity contribution in [2.45, 2.75) is 52.4 Å². The van der Waals surface area contributed by atoms with E-state index in [9.17, 15) is 0 Å². The molecule has 0 unspecified atom stereocenters. The molecule has 0 aliphatic heterocycles. The van der Waals surface area contributed by atoms with Crippen LogP contribution in [0.5, 0.6) is 0 Å². The topological polar surface area (TPSA) is 3.24 Å². The van der Waals surface area contributed by atoms with Crippen molar-refractivity contribution in [1.29, 1.82) is 0 Å². The van der Waals surface area contributed by atoms with Crippen LogP contribution >= 0.6 is 11.3 Å². The molecule has 0 N–H and O–H groups in total. The van der Waals surface area contributed by atoms with Gasteiger partial charge < -0.3 is 4.90 Å². The Labute approximate surface area is 370 Å². The second-order valence-corrected chi connectivity index (χ2v) is 19.6. The van der Waals surface area contributed by atoms with Crippen molar-refractivity contribution in [1.82, 2.24) is 0 Å². The third-order valence-corrected chi connectivity index (χ3v) is 13.5. The molecule has 9 aromatic carbocycles. The Hall–Kier alpha value is -6.74. The molecule has 0 saturated heterocycles. The van der Waals surface area contributed by atoms with Crippen LogP contribution < -0.4 is 4.90 Å². The van der Waals surface area contributed by atoms with E-state index in [0.29, 0.717) is 0 Å². The molecule has 62 heavy (non-hydrogen) atoms. The van der Waals surface area contributed by atoms with Gasteiger partial charge in [-0.1, -0.05) is 211 Å². The Morgan fingerprint density at radius 3 is 1.40 bits per heavy atom. The average Bonchev–Trinajstić information content (AvgIpc) is 3.68. The number of nitrogens with zero attached hydrogens (tertiary/aromatic N) is 1. The fourth-order valence-corrected chi connectivity index (χ4v) is 10.3. The lowest BCUT2D eigenvalue weighted by Crippen LogP contribution is -2.16. The highest BCUT2D eigenvalue weighted by Gasteiger charge is 2.26. The Balaban J connectivity index is 1.27. The van der Waals surface area contributed by atoms with Gasteiger partial charge in [0.15, 0.2) is 0 Å². The summed E-state index contributed by atoms with van der Waals surface area (Å²) in [6.07, 6.45) is 0. The highest BCUT2D eigenvalue weighted by molar-refractivity contribution is 7.25. The number of hydrogen-bond donors (Lipinski definition) is 0. The summed E-state index contributed by atoms with van der Waals surface area (Å²) in [7, 11) is 0. The lowest BCUT2D eigenvalue weighted by atomic mass is 9.78. The summed E-state index contributed by atoms with van der Waals surface area (Å²) in [5, 5.41) is 5.08. The van der Waals surface area contributed by atoms with Crippen molar-refractivity contribution < 1.29 is 0 Å². The zero-order valence-corrected chi connectivity index (χ0v) is 37.2. The predicted octanol–water partition coefficient (Wildman–Crippen LogP) is 17.9. The van der Waals surface area contributed by atoms with Crippen LogP contribution in [-0.2, 0) is 10.8 Å². The van der Waals surface area contributed by atoms with Crippen molar-refractivity contribution in [3.63, 3.8) is 0 Å². The van der Waals surface area contributed by atoms with Crippen LogP contribution in [0.1, 0.15) is 52.7 Å². The molecule has 0 aliphatic carbocycles. The third-order valence-electron chi connectivity index (χ3n) is 12.4. The van der Waals surface area contributed by atoms with E-state index in [2.05, 4.69) is 247 Å². The predicted molar refractivity (Wildman–Crippen MR) is 271 cm³/mol. The number of rotatable bonds is 7. The molecule has 1 nitrogen and oxygen atoms in total.